The molecular weight excluding hydrogens is 636 g/mol. The molecular formula is C30H36F8N2O4S. The maximum absolute atomic E-state index is 14.0. The Balaban J connectivity index is 0.00000552. The van der Waals surface area contributed by atoms with Gasteiger partial charge in [-0.1, -0.05) is 18.2 Å². The second kappa shape index (κ2) is 14.7. The Morgan fingerprint density at radius 2 is 1.64 bits per heavy atom. The molecule has 1 saturated heterocycles. The largest absolute Gasteiger partial charge is 0.497 e. The van der Waals surface area contributed by atoms with Crippen LogP contribution in [-0.4, -0.2) is 62.7 Å². The molecule has 15 heteroatoms. The molecule has 0 amide bonds. The molecule has 2 aromatic rings. The molecule has 2 fully saturated rings. The van der Waals surface area contributed by atoms with Crippen LogP contribution >= 0.6 is 13.5 Å². The molecule has 0 bridgehead atoms. The summed E-state index contributed by atoms with van der Waals surface area (Å²) in [5, 5.41) is 10.7. The first-order valence-electron chi connectivity index (χ1n) is 14.2. The quantitative estimate of drug-likeness (QED) is 0.216. The van der Waals surface area contributed by atoms with Crippen LogP contribution in [0.2, 0.25) is 0 Å². The lowest BCUT2D eigenvalue weighted by atomic mass is 9.91. The molecule has 252 valence electrons. The molecule has 2 aromatic carbocycles. The molecule has 1 unspecified atom stereocenters. The van der Waals surface area contributed by atoms with Crippen LogP contribution in [0.1, 0.15) is 55.2 Å². The zero-order valence-electron chi connectivity index (χ0n) is 24.4. The third-order valence-electron chi connectivity index (χ3n) is 8.13. The second-order valence-electron chi connectivity index (χ2n) is 11.3. The van der Waals surface area contributed by atoms with Gasteiger partial charge in [-0.25, -0.2) is 0 Å². The molecule has 45 heavy (non-hydrogen) atoms. The molecule has 6 nitrogen and oxygen atoms in total. The van der Waals surface area contributed by atoms with Crippen LogP contribution in [0.15, 0.2) is 42.5 Å². The zero-order chi connectivity index (χ0) is 32.3. The highest BCUT2D eigenvalue weighted by molar-refractivity contribution is 7.59. The monoisotopic (exact) mass is 672 g/mol. The first-order chi connectivity index (χ1) is 20.6. The SMILES string of the molecule is COc1ccc(C(NCC(F)(F)C(F)(F)F)C(F)(F)F)c(N2CCC(COc3cccc([C@@H](CC(=O)O)C4CC4)c3)CC2)c1.S. The Hall–Kier alpha value is -2.94. The number of hydrogen-bond donors (Lipinski definition) is 2. The third kappa shape index (κ3) is 9.53. The number of hydrogen-bond acceptors (Lipinski definition) is 5. The van der Waals surface area contributed by atoms with Gasteiger partial charge < -0.3 is 19.5 Å². The van der Waals surface area contributed by atoms with Gasteiger partial charge in [0.05, 0.1) is 26.7 Å². The van der Waals surface area contributed by atoms with E-state index in [1.165, 1.54) is 24.6 Å². The van der Waals surface area contributed by atoms with Gasteiger partial charge in [0.2, 0.25) is 0 Å². The summed E-state index contributed by atoms with van der Waals surface area (Å²) in [6.45, 7) is -1.38. The average molecular weight is 673 g/mol. The van der Waals surface area contributed by atoms with Gasteiger partial charge in [-0.05, 0) is 67.2 Å². The maximum atomic E-state index is 14.0. The van der Waals surface area contributed by atoms with Crippen LogP contribution in [0.5, 0.6) is 11.5 Å². The Labute approximate surface area is 262 Å². The number of aliphatic carboxylic acids is 1. The number of carboxylic acids is 1. The normalized spacial score (nSPS) is 17.8. The highest BCUT2D eigenvalue weighted by Crippen LogP contribution is 2.45. The van der Waals surface area contributed by atoms with Gasteiger partial charge in [0.25, 0.3) is 0 Å². The summed E-state index contributed by atoms with van der Waals surface area (Å²) in [7, 11) is 1.30. The van der Waals surface area contributed by atoms with E-state index in [4.69, 9.17) is 9.47 Å². The number of ether oxygens (including phenoxy) is 2. The molecule has 2 atom stereocenters. The number of alkyl halides is 8. The maximum Gasteiger partial charge on any atom is 0.454 e. The topological polar surface area (TPSA) is 71.0 Å². The van der Waals surface area contributed by atoms with E-state index in [1.807, 2.05) is 18.2 Å². The molecule has 1 aliphatic heterocycles. The number of piperidine rings is 1. The summed E-state index contributed by atoms with van der Waals surface area (Å²) in [5.41, 5.74) is 0.425. The van der Waals surface area contributed by atoms with Crippen molar-refractivity contribution in [3.63, 3.8) is 0 Å². The number of benzene rings is 2. The van der Waals surface area contributed by atoms with Crippen LogP contribution < -0.4 is 19.7 Å². The van der Waals surface area contributed by atoms with Crippen molar-refractivity contribution >= 4 is 25.2 Å². The minimum atomic E-state index is -6.01. The van der Waals surface area contributed by atoms with E-state index in [0.717, 1.165) is 24.5 Å². The Kier molecular flexibility index (Phi) is 11.9. The first kappa shape index (κ1) is 36.5. The van der Waals surface area contributed by atoms with E-state index in [9.17, 15) is 45.0 Å². The molecule has 1 aliphatic carbocycles. The van der Waals surface area contributed by atoms with E-state index < -0.39 is 42.4 Å². The van der Waals surface area contributed by atoms with Gasteiger partial charge in [0.1, 0.15) is 17.5 Å². The van der Waals surface area contributed by atoms with Crippen molar-refractivity contribution in [2.24, 2.45) is 11.8 Å². The van der Waals surface area contributed by atoms with Crippen LogP contribution in [0.25, 0.3) is 0 Å². The van der Waals surface area contributed by atoms with Gasteiger partial charge in [-0.15, -0.1) is 0 Å². The Bertz CT molecular complexity index is 1280. The summed E-state index contributed by atoms with van der Waals surface area (Å²) >= 11 is 0. The summed E-state index contributed by atoms with van der Waals surface area (Å²) in [5.74, 6) is -5.17. The summed E-state index contributed by atoms with van der Waals surface area (Å²) in [4.78, 5) is 13.0. The highest BCUT2D eigenvalue weighted by Gasteiger charge is 2.58. The molecule has 2 N–H and O–H groups in total. The fourth-order valence-corrected chi connectivity index (χ4v) is 5.53. The van der Waals surface area contributed by atoms with E-state index in [1.54, 1.807) is 11.0 Å². The lowest BCUT2D eigenvalue weighted by Gasteiger charge is -2.36. The molecule has 0 radical (unpaired) electrons. The molecule has 1 saturated carbocycles. The fourth-order valence-electron chi connectivity index (χ4n) is 5.53. The van der Waals surface area contributed by atoms with Crippen LogP contribution in [0.4, 0.5) is 40.8 Å². The van der Waals surface area contributed by atoms with Crippen molar-refractivity contribution < 1.29 is 54.5 Å². The molecule has 0 spiro atoms. The van der Waals surface area contributed by atoms with Gasteiger partial charge in [-0.3, -0.25) is 10.1 Å². The minimum absolute atomic E-state index is 0. The number of nitrogens with one attached hydrogen (secondary N) is 1. The third-order valence-corrected chi connectivity index (χ3v) is 8.13. The number of nitrogens with zero attached hydrogens (tertiary/aromatic N) is 1. The van der Waals surface area contributed by atoms with Crippen LogP contribution in [0.3, 0.4) is 0 Å². The van der Waals surface area contributed by atoms with Gasteiger partial charge in [0.15, 0.2) is 0 Å². The lowest BCUT2D eigenvalue weighted by molar-refractivity contribution is -0.281. The summed E-state index contributed by atoms with van der Waals surface area (Å²) < 4.78 is 118. The highest BCUT2D eigenvalue weighted by atomic mass is 32.1. The van der Waals surface area contributed by atoms with Crippen molar-refractivity contribution in [2.75, 3.05) is 38.3 Å². The van der Waals surface area contributed by atoms with E-state index in [2.05, 4.69) is 0 Å². The van der Waals surface area contributed by atoms with E-state index in [-0.39, 0.29) is 56.3 Å². The summed E-state index contributed by atoms with van der Waals surface area (Å²) in [6.07, 6.45) is -8.16. The second-order valence-corrected chi connectivity index (χ2v) is 11.3. The predicted molar refractivity (Wildman–Crippen MR) is 156 cm³/mol. The van der Waals surface area contributed by atoms with Crippen molar-refractivity contribution in [3.05, 3.63) is 53.6 Å². The summed E-state index contributed by atoms with van der Waals surface area (Å²) in [6, 6.07) is 8.06. The van der Waals surface area contributed by atoms with Gasteiger partial charge in [0, 0.05) is 30.4 Å². The number of methoxy groups -OCH3 is 1. The smallest absolute Gasteiger partial charge is 0.454 e. The minimum Gasteiger partial charge on any atom is -0.497 e. The van der Waals surface area contributed by atoms with Crippen molar-refractivity contribution in [3.8, 4) is 11.5 Å². The number of carbonyl (C=O) groups is 1. The van der Waals surface area contributed by atoms with Gasteiger partial charge in [-0.2, -0.15) is 48.6 Å². The Morgan fingerprint density at radius 3 is 2.20 bits per heavy atom. The van der Waals surface area contributed by atoms with Crippen molar-refractivity contribution in [1.82, 2.24) is 5.32 Å². The number of anilines is 1. The van der Waals surface area contributed by atoms with E-state index in [0.29, 0.717) is 31.1 Å². The predicted octanol–water partition coefficient (Wildman–Crippen LogP) is 7.46. The van der Waals surface area contributed by atoms with Gasteiger partial charge >= 0.3 is 24.2 Å². The Morgan fingerprint density at radius 1 is 0.978 bits per heavy atom. The van der Waals surface area contributed by atoms with Crippen LogP contribution in [-0.2, 0) is 4.79 Å². The average Bonchev–Trinajstić information content (AvgIpc) is 3.79. The van der Waals surface area contributed by atoms with E-state index >= 15 is 0 Å². The molecule has 2 aliphatic rings. The zero-order valence-corrected chi connectivity index (χ0v) is 25.4. The fraction of sp³-hybridized carbons (Fsp3) is 0.567. The number of halogens is 8. The molecule has 0 aromatic heterocycles. The van der Waals surface area contributed by atoms with Crippen molar-refractivity contribution in [2.45, 2.75) is 62.3 Å². The number of rotatable bonds is 13. The molecule has 4 rings (SSSR count). The number of carboxylic acid groups (broad SMARTS) is 1. The van der Waals surface area contributed by atoms with Crippen molar-refractivity contribution in [1.29, 1.82) is 0 Å². The van der Waals surface area contributed by atoms with Crippen LogP contribution in [0, 0.1) is 11.8 Å². The standard InChI is InChI=1S/C30H34F8N2O4.H2S/c1-43-21-7-8-23(27(29(33,34)35)39-17-28(31,32)30(36,37)38)25(14-21)40-11-9-18(10-12-40)16-44-22-4-2-3-20(13-22)24(15-26(41)42)19-5-6-19;/h2-4,7-8,13-14,18-19,24,27,39H,5-6,9-12,15-17H2,1H3,(H,41,42);1H2/t24-,27?;/m0./s1. The first-order valence-corrected chi connectivity index (χ1v) is 14.2. The lowest BCUT2D eigenvalue weighted by Crippen LogP contribution is -2.48. The molecule has 1 heterocycles.